The van der Waals surface area contributed by atoms with Gasteiger partial charge in [-0.1, -0.05) is 0 Å². The lowest BCUT2D eigenvalue weighted by Gasteiger charge is -2.35. The van der Waals surface area contributed by atoms with Crippen molar-refractivity contribution in [2.45, 2.75) is 32.3 Å². The second-order valence-corrected chi connectivity index (χ2v) is 6.65. The highest BCUT2D eigenvalue weighted by molar-refractivity contribution is 9.10. The number of quaternary nitrogens is 1. The van der Waals surface area contributed by atoms with E-state index >= 15 is 0 Å². The number of nitrogens with two attached hydrogens (primary N) is 1. The highest BCUT2D eigenvalue weighted by Gasteiger charge is 2.35. The van der Waals surface area contributed by atoms with Gasteiger partial charge in [0, 0.05) is 18.8 Å². The molecule has 0 unspecified atom stereocenters. The number of carbonyl (C=O) groups excluding carboxylic acids is 1. The van der Waals surface area contributed by atoms with Crippen molar-refractivity contribution in [3.8, 4) is 5.75 Å². The molecule has 0 saturated carbocycles. The van der Waals surface area contributed by atoms with Gasteiger partial charge in [-0.2, -0.15) is 0 Å². The number of hydrogen-bond acceptors (Lipinski definition) is 3. The lowest BCUT2D eigenvalue weighted by Crippen LogP contribution is -2.86. The molecule has 3 N–H and O–H groups in total. The third kappa shape index (κ3) is 3.52. The number of phenolic OH excluding ortho intramolecular Hbond substituents is 1. The molecule has 5 heteroatoms. The summed E-state index contributed by atoms with van der Waals surface area (Å²) in [5, 5.41) is 11.8. The average molecular weight is 343 g/mol. The molecule has 0 aromatic heterocycles. The molecule has 1 aliphatic heterocycles. The van der Waals surface area contributed by atoms with Gasteiger partial charge in [-0.3, -0.25) is 0 Å². The van der Waals surface area contributed by atoms with E-state index in [1.807, 2.05) is 13.8 Å². The molecule has 0 atom stereocenters. The van der Waals surface area contributed by atoms with Crippen LogP contribution in [0, 0.1) is 5.92 Å². The number of benzene rings is 1. The molecule has 1 aliphatic rings. The van der Waals surface area contributed by atoms with Crippen LogP contribution in [0.1, 0.15) is 37.0 Å². The van der Waals surface area contributed by atoms with Gasteiger partial charge in [0.2, 0.25) is 0 Å². The lowest BCUT2D eigenvalue weighted by molar-refractivity contribution is -0.665. The van der Waals surface area contributed by atoms with E-state index in [1.165, 1.54) is 6.07 Å². The third-order valence-electron chi connectivity index (χ3n) is 3.96. The van der Waals surface area contributed by atoms with E-state index in [0.717, 1.165) is 25.9 Å². The number of phenols is 1. The van der Waals surface area contributed by atoms with Crippen molar-refractivity contribution >= 4 is 21.9 Å². The summed E-state index contributed by atoms with van der Waals surface area (Å²) in [5.74, 6) is 0.172. The molecule has 20 heavy (non-hydrogen) atoms. The smallest absolute Gasteiger partial charge is 0.338 e. The van der Waals surface area contributed by atoms with Crippen LogP contribution in [0.4, 0.5) is 0 Å². The molecule has 0 amide bonds. The summed E-state index contributed by atoms with van der Waals surface area (Å²) in [6.45, 7) is 6.15. The van der Waals surface area contributed by atoms with E-state index < -0.39 is 5.60 Å². The minimum absolute atomic E-state index is 0.114. The minimum atomic E-state index is -0.463. The van der Waals surface area contributed by atoms with E-state index in [2.05, 4.69) is 21.2 Å². The van der Waals surface area contributed by atoms with Crippen molar-refractivity contribution in [1.29, 1.82) is 0 Å². The van der Waals surface area contributed by atoms with Crippen LogP contribution >= 0.6 is 15.9 Å². The van der Waals surface area contributed by atoms with E-state index in [4.69, 9.17) is 4.74 Å². The Balaban J connectivity index is 2.07. The number of ether oxygens (including phenoxy) is 1. The monoisotopic (exact) mass is 342 g/mol. The van der Waals surface area contributed by atoms with Crippen molar-refractivity contribution in [2.24, 2.45) is 5.92 Å². The van der Waals surface area contributed by atoms with Crippen LogP contribution < -0.4 is 5.32 Å². The number of piperidine rings is 1. The van der Waals surface area contributed by atoms with Gasteiger partial charge < -0.3 is 15.2 Å². The summed E-state index contributed by atoms with van der Waals surface area (Å²) in [4.78, 5) is 12.2. The zero-order chi connectivity index (χ0) is 14.8. The Morgan fingerprint density at radius 1 is 1.40 bits per heavy atom. The van der Waals surface area contributed by atoms with Crippen LogP contribution in [0.15, 0.2) is 22.7 Å². The highest BCUT2D eigenvalue weighted by atomic mass is 79.9. The molecule has 1 fully saturated rings. The summed E-state index contributed by atoms with van der Waals surface area (Å²) in [6.07, 6.45) is 2.14. The molecule has 110 valence electrons. The van der Waals surface area contributed by atoms with Crippen molar-refractivity contribution in [3.05, 3.63) is 28.2 Å². The molecule has 1 saturated heterocycles. The topological polar surface area (TPSA) is 63.1 Å². The first-order chi connectivity index (χ1) is 9.40. The second kappa shape index (κ2) is 6.14. The average Bonchev–Trinajstić information content (AvgIpc) is 2.42. The zero-order valence-electron chi connectivity index (χ0n) is 11.9. The zero-order valence-corrected chi connectivity index (χ0v) is 13.4. The van der Waals surface area contributed by atoms with E-state index in [1.54, 1.807) is 12.1 Å². The normalized spacial score (nSPS) is 16.9. The Morgan fingerprint density at radius 3 is 2.65 bits per heavy atom. The van der Waals surface area contributed by atoms with Gasteiger partial charge in [0.15, 0.2) is 0 Å². The van der Waals surface area contributed by atoms with Gasteiger partial charge in [-0.05, 0) is 48.0 Å². The Bertz CT molecular complexity index is 496. The van der Waals surface area contributed by atoms with Crippen molar-refractivity contribution in [2.75, 3.05) is 13.1 Å². The molecule has 1 aromatic rings. The number of esters is 1. The quantitative estimate of drug-likeness (QED) is 0.826. The van der Waals surface area contributed by atoms with Crippen LogP contribution in [0.25, 0.3) is 0 Å². The molecule has 4 nitrogen and oxygen atoms in total. The highest BCUT2D eigenvalue weighted by Crippen LogP contribution is 2.30. The Hall–Kier alpha value is -1.07. The lowest BCUT2D eigenvalue weighted by atomic mass is 9.83. The molecular formula is C15H21BrNO3+. The summed E-state index contributed by atoms with van der Waals surface area (Å²) in [7, 11) is 0. The summed E-state index contributed by atoms with van der Waals surface area (Å²) < 4.78 is 6.20. The van der Waals surface area contributed by atoms with Crippen LogP contribution in [0.3, 0.4) is 0 Å². The van der Waals surface area contributed by atoms with Gasteiger partial charge in [0.05, 0.1) is 23.1 Å². The van der Waals surface area contributed by atoms with E-state index in [0.29, 0.717) is 16.0 Å². The molecule has 0 aliphatic carbocycles. The fraction of sp³-hybridized carbons (Fsp3) is 0.533. The summed E-state index contributed by atoms with van der Waals surface area (Å²) in [5.41, 5.74) is -0.0134. The predicted octanol–water partition coefficient (Wildman–Crippen LogP) is 2.06. The fourth-order valence-corrected chi connectivity index (χ4v) is 3.02. The molecule has 2 rings (SSSR count). The molecule has 1 heterocycles. The third-order valence-corrected chi connectivity index (χ3v) is 4.60. The molecule has 0 spiro atoms. The van der Waals surface area contributed by atoms with Crippen molar-refractivity contribution in [3.63, 3.8) is 0 Å². The number of rotatable bonds is 3. The number of carbonyl (C=O) groups is 1. The van der Waals surface area contributed by atoms with Gasteiger partial charge in [-0.15, -0.1) is 0 Å². The first-order valence-corrected chi connectivity index (χ1v) is 7.73. The number of hydrogen-bond donors (Lipinski definition) is 2. The standard InChI is InChI=1S/C15H20BrNO3/c1-15(2,11-5-7-17-8-6-11)20-14(19)10-3-4-13(18)12(16)9-10/h3-4,9,11,17-18H,5-8H2,1-2H3/p+1. The minimum Gasteiger partial charge on any atom is -0.507 e. The predicted molar refractivity (Wildman–Crippen MR) is 79.7 cm³/mol. The first-order valence-electron chi connectivity index (χ1n) is 6.93. The summed E-state index contributed by atoms with van der Waals surface area (Å²) >= 11 is 3.21. The molecule has 0 radical (unpaired) electrons. The maximum absolute atomic E-state index is 12.2. The van der Waals surface area contributed by atoms with Crippen LogP contribution in [-0.2, 0) is 4.74 Å². The maximum atomic E-state index is 12.2. The van der Waals surface area contributed by atoms with Crippen LogP contribution in [0.5, 0.6) is 5.75 Å². The van der Waals surface area contributed by atoms with E-state index in [-0.39, 0.29) is 11.7 Å². The van der Waals surface area contributed by atoms with Gasteiger partial charge in [0.1, 0.15) is 11.4 Å². The molecule has 1 aromatic carbocycles. The molecule has 0 bridgehead atoms. The number of aromatic hydroxyl groups is 1. The van der Waals surface area contributed by atoms with Crippen molar-refractivity contribution in [1.82, 2.24) is 0 Å². The van der Waals surface area contributed by atoms with Crippen molar-refractivity contribution < 1.29 is 20.0 Å². The SMILES string of the molecule is CC(C)(OC(=O)c1ccc(O)c(Br)c1)C1CC[NH2+]CC1. The fourth-order valence-electron chi connectivity index (χ4n) is 2.64. The van der Waals surface area contributed by atoms with Gasteiger partial charge in [0.25, 0.3) is 0 Å². The van der Waals surface area contributed by atoms with E-state index in [9.17, 15) is 9.90 Å². The van der Waals surface area contributed by atoms with Crippen LogP contribution in [-0.4, -0.2) is 29.8 Å². The number of halogens is 1. The van der Waals surface area contributed by atoms with Gasteiger partial charge in [-0.25, -0.2) is 4.79 Å². The molecular weight excluding hydrogens is 322 g/mol. The maximum Gasteiger partial charge on any atom is 0.338 e. The second-order valence-electron chi connectivity index (χ2n) is 5.80. The Kier molecular flexibility index (Phi) is 4.70. The largest absolute Gasteiger partial charge is 0.507 e. The Morgan fingerprint density at radius 2 is 2.05 bits per heavy atom. The first kappa shape index (κ1) is 15.3. The van der Waals surface area contributed by atoms with Gasteiger partial charge >= 0.3 is 5.97 Å². The van der Waals surface area contributed by atoms with Crippen LogP contribution in [0.2, 0.25) is 0 Å². The summed E-state index contributed by atoms with van der Waals surface area (Å²) in [6, 6.07) is 4.65. The Labute approximate surface area is 127 Å².